The topological polar surface area (TPSA) is 39.3 Å². The predicted octanol–water partition coefficient (Wildman–Crippen LogP) is 1.69. The van der Waals surface area contributed by atoms with Gasteiger partial charge in [-0.2, -0.15) is 0 Å². The highest BCUT2D eigenvalue weighted by molar-refractivity contribution is 5.80. The largest absolute Gasteiger partial charge is 0.495 e. The van der Waals surface area contributed by atoms with Gasteiger partial charge in [0.1, 0.15) is 12.4 Å². The summed E-state index contributed by atoms with van der Waals surface area (Å²) < 4.78 is 17.8. The Kier molecular flexibility index (Phi) is 8.81. The van der Waals surface area contributed by atoms with Crippen molar-refractivity contribution in [3.05, 3.63) is 36.8 Å². The molecule has 0 spiro atoms. The fourth-order valence-corrected chi connectivity index (χ4v) is 3.65. The van der Waals surface area contributed by atoms with E-state index in [0.717, 1.165) is 63.6 Å². The number of allylic oxidation sites excluding steroid dienone is 2. The van der Waals surface area contributed by atoms with Gasteiger partial charge >= 0.3 is 0 Å². The molecule has 2 rings (SSSR count). The lowest BCUT2D eigenvalue weighted by Crippen LogP contribution is -2.46. The molecule has 0 aromatic carbocycles. The van der Waals surface area contributed by atoms with Crippen LogP contribution in [0.2, 0.25) is 0 Å². The van der Waals surface area contributed by atoms with Gasteiger partial charge in [0, 0.05) is 39.3 Å². The lowest BCUT2D eigenvalue weighted by molar-refractivity contribution is -0.126. The van der Waals surface area contributed by atoms with Gasteiger partial charge in [0.15, 0.2) is 0 Å². The van der Waals surface area contributed by atoms with E-state index in [1.165, 1.54) is 0 Å². The number of carbonyl (C=O) groups is 1. The van der Waals surface area contributed by atoms with Gasteiger partial charge in [-0.1, -0.05) is 13.2 Å². The number of amides is 1. The fourth-order valence-electron chi connectivity index (χ4n) is 3.65. The lowest BCUT2D eigenvalue weighted by atomic mass is 10.2. The van der Waals surface area contributed by atoms with E-state index < -0.39 is 6.67 Å². The van der Waals surface area contributed by atoms with Crippen LogP contribution in [0.5, 0.6) is 0 Å². The molecule has 2 aliphatic heterocycles. The first kappa shape index (κ1) is 21.4. The van der Waals surface area contributed by atoms with E-state index in [1.807, 2.05) is 15.9 Å². The van der Waals surface area contributed by atoms with Gasteiger partial charge < -0.3 is 14.5 Å². The van der Waals surface area contributed by atoms with Crippen molar-refractivity contribution in [2.75, 3.05) is 72.8 Å². The minimum atomic E-state index is -0.394. The van der Waals surface area contributed by atoms with Crippen LogP contribution in [-0.4, -0.2) is 98.3 Å². The number of piperazine rings is 1. The van der Waals surface area contributed by atoms with Crippen LogP contribution < -0.4 is 0 Å². The molecule has 0 radical (unpaired) electrons. The van der Waals surface area contributed by atoms with Crippen LogP contribution in [0.4, 0.5) is 4.39 Å². The first-order valence-corrected chi connectivity index (χ1v) is 9.69. The molecule has 2 fully saturated rings. The molecular formula is C20H33FN4O2. The van der Waals surface area contributed by atoms with E-state index in [-0.39, 0.29) is 5.91 Å². The van der Waals surface area contributed by atoms with Gasteiger partial charge in [0.2, 0.25) is 5.91 Å². The summed E-state index contributed by atoms with van der Waals surface area (Å²) >= 11 is 0. The molecule has 7 heteroatoms. The molecule has 1 amide bonds. The highest BCUT2D eigenvalue weighted by atomic mass is 19.1. The van der Waals surface area contributed by atoms with Crippen LogP contribution in [-0.2, 0) is 9.53 Å². The molecule has 2 saturated heterocycles. The molecule has 0 aromatic rings. The summed E-state index contributed by atoms with van der Waals surface area (Å²) in [5, 5.41) is 0. The number of halogens is 1. The van der Waals surface area contributed by atoms with Crippen molar-refractivity contribution in [1.82, 2.24) is 19.6 Å². The van der Waals surface area contributed by atoms with Gasteiger partial charge in [-0.25, -0.2) is 4.39 Å². The zero-order valence-electron chi connectivity index (χ0n) is 16.5. The van der Waals surface area contributed by atoms with E-state index in [4.69, 9.17) is 4.74 Å². The van der Waals surface area contributed by atoms with Crippen molar-refractivity contribution in [3.63, 3.8) is 0 Å². The van der Waals surface area contributed by atoms with E-state index in [0.29, 0.717) is 19.8 Å². The zero-order valence-corrected chi connectivity index (χ0v) is 16.5. The van der Waals surface area contributed by atoms with Gasteiger partial charge in [-0.3, -0.25) is 14.6 Å². The Morgan fingerprint density at radius 3 is 2.37 bits per heavy atom. The number of ether oxygens (including phenoxy) is 1. The number of rotatable bonds is 11. The van der Waals surface area contributed by atoms with Crippen LogP contribution in [0.1, 0.15) is 12.8 Å². The molecule has 0 aliphatic carbocycles. The quantitative estimate of drug-likeness (QED) is 0.310. The van der Waals surface area contributed by atoms with Crippen LogP contribution >= 0.6 is 0 Å². The Balaban J connectivity index is 1.67. The number of hydrogen-bond donors (Lipinski definition) is 0. The van der Waals surface area contributed by atoms with Crippen LogP contribution in [0.15, 0.2) is 36.8 Å². The van der Waals surface area contributed by atoms with Gasteiger partial charge in [0.25, 0.3) is 0 Å². The molecule has 0 atom stereocenters. The van der Waals surface area contributed by atoms with E-state index >= 15 is 0 Å². The van der Waals surface area contributed by atoms with Gasteiger partial charge in [-0.05, 0) is 31.5 Å². The second-order valence-electron chi connectivity index (χ2n) is 6.94. The second-order valence-corrected chi connectivity index (χ2v) is 6.94. The van der Waals surface area contributed by atoms with Gasteiger partial charge in [0.05, 0.1) is 26.0 Å². The average Bonchev–Trinajstić information content (AvgIpc) is 3.03. The minimum absolute atomic E-state index is 0.122. The van der Waals surface area contributed by atoms with E-state index in [9.17, 15) is 9.18 Å². The summed E-state index contributed by atoms with van der Waals surface area (Å²) in [6.45, 7) is 14.3. The van der Waals surface area contributed by atoms with Crippen molar-refractivity contribution < 1.29 is 13.9 Å². The molecule has 0 saturated carbocycles. The highest BCUT2D eigenvalue weighted by Crippen LogP contribution is 2.16. The molecule has 0 N–H and O–H groups in total. The number of carbonyl (C=O) groups excluding carboxylic acids is 1. The van der Waals surface area contributed by atoms with Crippen molar-refractivity contribution >= 4 is 5.91 Å². The monoisotopic (exact) mass is 380 g/mol. The summed E-state index contributed by atoms with van der Waals surface area (Å²) in [5.41, 5.74) is 0.998. The summed E-state index contributed by atoms with van der Waals surface area (Å²) in [6.07, 6.45) is 5.59. The number of hydrogen-bond acceptors (Lipinski definition) is 5. The number of alkyl halides is 1. The molecule has 0 bridgehead atoms. The third-order valence-electron chi connectivity index (χ3n) is 5.20. The molecule has 6 nitrogen and oxygen atoms in total. The molecule has 0 unspecified atom stereocenters. The predicted molar refractivity (Wildman–Crippen MR) is 106 cm³/mol. The maximum Gasteiger partial charge on any atom is 0.237 e. The standard InChI is InChI=1S/C20H33FN4O2/c1-4-18(19(5-2)27-3)24-14-12-22(13-15-24)9-6-7-10-25-17-23(11-8-21)16-20(25)26/h4-5H,1-2,6-17H2,3H3/b19-18-. The maximum absolute atomic E-state index is 12.4. The summed E-state index contributed by atoms with van der Waals surface area (Å²) in [4.78, 5) is 20.4. The van der Waals surface area contributed by atoms with Crippen LogP contribution in [0, 0.1) is 0 Å². The number of nitrogens with zero attached hydrogens (tertiary/aromatic N) is 4. The summed E-state index contributed by atoms with van der Waals surface area (Å²) in [5.74, 6) is 0.882. The Bertz CT molecular complexity index is 544. The summed E-state index contributed by atoms with van der Waals surface area (Å²) in [7, 11) is 1.65. The smallest absolute Gasteiger partial charge is 0.237 e. The number of methoxy groups -OCH3 is 1. The summed E-state index contributed by atoms with van der Waals surface area (Å²) in [6, 6.07) is 0. The van der Waals surface area contributed by atoms with Crippen molar-refractivity contribution in [2.24, 2.45) is 0 Å². The molecular weight excluding hydrogens is 347 g/mol. The Hall–Kier alpha value is -1.86. The molecule has 2 aliphatic rings. The lowest BCUT2D eigenvalue weighted by Gasteiger charge is -2.37. The Labute approximate surface area is 162 Å². The van der Waals surface area contributed by atoms with E-state index in [1.54, 1.807) is 13.2 Å². The second kappa shape index (κ2) is 11.1. The highest BCUT2D eigenvalue weighted by Gasteiger charge is 2.26. The zero-order chi connectivity index (χ0) is 19.6. The molecule has 152 valence electrons. The third-order valence-corrected chi connectivity index (χ3v) is 5.20. The normalized spacial score (nSPS) is 20.0. The van der Waals surface area contributed by atoms with Gasteiger partial charge in [-0.15, -0.1) is 0 Å². The van der Waals surface area contributed by atoms with Crippen LogP contribution in [0.25, 0.3) is 0 Å². The van der Waals surface area contributed by atoms with Crippen LogP contribution in [0.3, 0.4) is 0 Å². The molecule has 0 aromatic heterocycles. The first-order valence-electron chi connectivity index (χ1n) is 9.69. The third kappa shape index (κ3) is 6.07. The van der Waals surface area contributed by atoms with Crippen molar-refractivity contribution in [2.45, 2.75) is 12.8 Å². The maximum atomic E-state index is 12.4. The molecule has 27 heavy (non-hydrogen) atoms. The Morgan fingerprint density at radius 1 is 1.07 bits per heavy atom. The first-order chi connectivity index (χ1) is 13.1. The SMILES string of the molecule is C=C/C(OC)=C(\C=C)N1CCN(CCCCN2CN(CCF)CC2=O)CC1. The Morgan fingerprint density at radius 2 is 1.78 bits per heavy atom. The number of unbranched alkanes of at least 4 members (excludes halogenated alkanes) is 1. The van der Waals surface area contributed by atoms with Crippen molar-refractivity contribution in [1.29, 1.82) is 0 Å². The van der Waals surface area contributed by atoms with E-state index in [2.05, 4.69) is 23.0 Å². The average molecular weight is 381 g/mol. The minimum Gasteiger partial charge on any atom is -0.495 e. The fraction of sp³-hybridized carbons (Fsp3) is 0.650. The molecule has 2 heterocycles. The van der Waals surface area contributed by atoms with Crippen molar-refractivity contribution in [3.8, 4) is 0 Å².